The molecule has 1 aliphatic heterocycles. The predicted octanol–water partition coefficient (Wildman–Crippen LogP) is -2.41. The monoisotopic (exact) mass is 353 g/mol. The minimum absolute atomic E-state index is 0.145. The molecule has 0 radical (unpaired) electrons. The second-order valence-electron chi connectivity index (χ2n) is 5.26. The minimum atomic E-state index is -1.06. The average molecular weight is 353 g/mol. The van der Waals surface area contributed by atoms with Gasteiger partial charge in [-0.1, -0.05) is 0 Å². The highest BCUT2D eigenvalue weighted by atomic mass is 16.6. The molecule has 1 rings (SSSR count). The lowest BCUT2D eigenvalue weighted by Crippen LogP contribution is -2.57. The first kappa shape index (κ1) is 21.2. The Balaban J connectivity index is 1.86. The standard InChI is InChI=1S/C14H27NO9/c15-10-7-24-11(14(19)13(10)18)8-22-5-3-20-1-2-21-4-6-23-9-12(16)17/h10-11,13-14,18-19H,1-9,15H2,(H,16,17)/t10-,11+,13+,14-/m0/s1. The SMILES string of the molecule is N[C@H]1CO[C@H](COCCOCCOCCOCC(=O)O)[C@H](O)[C@@H]1O. The minimum Gasteiger partial charge on any atom is -0.480 e. The van der Waals surface area contributed by atoms with E-state index in [1.807, 2.05) is 0 Å². The fourth-order valence-electron chi connectivity index (χ4n) is 1.97. The number of carbonyl (C=O) groups is 1. The second-order valence-corrected chi connectivity index (χ2v) is 5.26. The number of hydrogen-bond donors (Lipinski definition) is 4. The van der Waals surface area contributed by atoms with Crippen molar-refractivity contribution in [2.75, 3.05) is 59.5 Å². The fraction of sp³-hybridized carbons (Fsp3) is 0.929. The molecule has 1 saturated heterocycles. The molecule has 1 aliphatic rings. The summed E-state index contributed by atoms with van der Waals surface area (Å²) < 4.78 is 25.9. The number of hydrogen-bond acceptors (Lipinski definition) is 9. The van der Waals surface area contributed by atoms with E-state index in [1.165, 1.54) is 0 Å². The van der Waals surface area contributed by atoms with Crippen LogP contribution in [0.2, 0.25) is 0 Å². The van der Waals surface area contributed by atoms with Crippen LogP contribution < -0.4 is 5.73 Å². The summed E-state index contributed by atoms with van der Waals surface area (Å²) in [6.07, 6.45) is -2.68. The number of ether oxygens (including phenoxy) is 5. The van der Waals surface area contributed by atoms with Crippen molar-refractivity contribution in [2.24, 2.45) is 5.73 Å². The summed E-state index contributed by atoms with van der Waals surface area (Å²) in [5.41, 5.74) is 5.56. The average Bonchev–Trinajstić information content (AvgIpc) is 2.55. The molecule has 0 aliphatic carbocycles. The lowest BCUT2D eigenvalue weighted by Gasteiger charge is -2.35. The molecule has 142 valence electrons. The van der Waals surface area contributed by atoms with Crippen LogP contribution in [0.4, 0.5) is 0 Å². The second kappa shape index (κ2) is 12.5. The van der Waals surface area contributed by atoms with Crippen LogP contribution in [0.1, 0.15) is 0 Å². The van der Waals surface area contributed by atoms with Gasteiger partial charge in [0.1, 0.15) is 18.8 Å². The molecule has 0 aromatic carbocycles. The largest absolute Gasteiger partial charge is 0.480 e. The third kappa shape index (κ3) is 8.85. The summed E-state index contributed by atoms with van der Waals surface area (Å²) in [7, 11) is 0. The van der Waals surface area contributed by atoms with Crippen LogP contribution in [-0.4, -0.2) is 105 Å². The molecule has 10 heteroatoms. The molecule has 0 saturated carbocycles. The van der Waals surface area contributed by atoms with Crippen LogP contribution in [0, 0.1) is 0 Å². The van der Waals surface area contributed by atoms with E-state index in [1.54, 1.807) is 0 Å². The van der Waals surface area contributed by atoms with Crippen molar-refractivity contribution in [3.8, 4) is 0 Å². The van der Waals surface area contributed by atoms with E-state index in [-0.39, 0.29) is 26.4 Å². The highest BCUT2D eigenvalue weighted by molar-refractivity contribution is 5.67. The summed E-state index contributed by atoms with van der Waals surface area (Å²) in [6.45, 7) is 1.91. The van der Waals surface area contributed by atoms with Crippen molar-refractivity contribution in [2.45, 2.75) is 24.4 Å². The number of carboxylic acid groups (broad SMARTS) is 1. The van der Waals surface area contributed by atoms with E-state index in [0.717, 1.165) is 0 Å². The molecule has 24 heavy (non-hydrogen) atoms. The molecule has 0 aromatic rings. The Bertz CT molecular complexity index is 344. The Kier molecular flexibility index (Phi) is 11.0. The third-order valence-corrected chi connectivity index (χ3v) is 3.30. The van der Waals surface area contributed by atoms with Gasteiger partial charge in [0.15, 0.2) is 0 Å². The van der Waals surface area contributed by atoms with E-state index in [0.29, 0.717) is 33.0 Å². The highest BCUT2D eigenvalue weighted by Gasteiger charge is 2.36. The fourth-order valence-corrected chi connectivity index (χ4v) is 1.97. The Morgan fingerprint density at radius 2 is 1.50 bits per heavy atom. The molecule has 0 bridgehead atoms. The summed E-state index contributed by atoms with van der Waals surface area (Å²) in [4.78, 5) is 10.2. The normalized spacial score (nSPS) is 27.3. The molecule has 1 heterocycles. The van der Waals surface area contributed by atoms with Crippen molar-refractivity contribution in [3.63, 3.8) is 0 Å². The molecule has 10 nitrogen and oxygen atoms in total. The molecule has 0 aromatic heterocycles. The van der Waals surface area contributed by atoms with Gasteiger partial charge in [-0.15, -0.1) is 0 Å². The van der Waals surface area contributed by atoms with Crippen LogP contribution in [0.25, 0.3) is 0 Å². The molecule has 0 amide bonds. The van der Waals surface area contributed by atoms with Gasteiger partial charge in [-0.05, 0) is 0 Å². The van der Waals surface area contributed by atoms with Crippen LogP contribution >= 0.6 is 0 Å². The molecular formula is C14H27NO9. The Morgan fingerprint density at radius 3 is 2.08 bits per heavy atom. The maximum absolute atomic E-state index is 10.2. The molecule has 4 atom stereocenters. The van der Waals surface area contributed by atoms with Crippen LogP contribution in [0.15, 0.2) is 0 Å². The van der Waals surface area contributed by atoms with Crippen molar-refractivity contribution in [1.29, 1.82) is 0 Å². The number of aliphatic hydroxyl groups is 2. The smallest absolute Gasteiger partial charge is 0.329 e. The van der Waals surface area contributed by atoms with Gasteiger partial charge in [0.2, 0.25) is 0 Å². The zero-order chi connectivity index (χ0) is 17.8. The summed E-state index contributed by atoms with van der Waals surface area (Å²) in [5.74, 6) is -1.01. The van der Waals surface area contributed by atoms with Gasteiger partial charge in [0.05, 0.1) is 65.0 Å². The van der Waals surface area contributed by atoms with Gasteiger partial charge in [-0.25, -0.2) is 4.79 Å². The number of rotatable bonds is 13. The van der Waals surface area contributed by atoms with E-state index >= 15 is 0 Å². The maximum Gasteiger partial charge on any atom is 0.329 e. The van der Waals surface area contributed by atoms with Crippen molar-refractivity contribution in [1.82, 2.24) is 0 Å². The molecule has 0 spiro atoms. The third-order valence-electron chi connectivity index (χ3n) is 3.30. The number of nitrogens with two attached hydrogens (primary N) is 1. The van der Waals surface area contributed by atoms with E-state index in [4.69, 9.17) is 34.5 Å². The Morgan fingerprint density at radius 1 is 0.958 bits per heavy atom. The van der Waals surface area contributed by atoms with E-state index in [2.05, 4.69) is 0 Å². The first-order valence-corrected chi connectivity index (χ1v) is 7.78. The summed E-state index contributed by atoms with van der Waals surface area (Å²) in [5, 5.41) is 27.7. The summed E-state index contributed by atoms with van der Waals surface area (Å²) >= 11 is 0. The van der Waals surface area contributed by atoms with E-state index < -0.39 is 30.3 Å². The zero-order valence-electron chi connectivity index (χ0n) is 13.5. The first-order chi connectivity index (χ1) is 11.5. The maximum atomic E-state index is 10.2. The lowest BCUT2D eigenvalue weighted by molar-refractivity contribution is -0.164. The number of aliphatic hydroxyl groups excluding tert-OH is 2. The van der Waals surface area contributed by atoms with Gasteiger partial charge in [0.25, 0.3) is 0 Å². The number of aliphatic carboxylic acids is 1. The molecule has 0 unspecified atom stereocenters. The van der Waals surface area contributed by atoms with Crippen molar-refractivity contribution >= 4 is 5.97 Å². The zero-order valence-corrected chi connectivity index (χ0v) is 13.5. The quantitative estimate of drug-likeness (QED) is 0.264. The van der Waals surface area contributed by atoms with Crippen molar-refractivity contribution < 1.29 is 43.8 Å². The van der Waals surface area contributed by atoms with Gasteiger partial charge >= 0.3 is 5.97 Å². The Hall–Kier alpha value is -0.850. The van der Waals surface area contributed by atoms with Crippen LogP contribution in [0.3, 0.4) is 0 Å². The predicted molar refractivity (Wildman–Crippen MR) is 80.6 cm³/mol. The van der Waals surface area contributed by atoms with Crippen LogP contribution in [-0.2, 0) is 28.5 Å². The highest BCUT2D eigenvalue weighted by Crippen LogP contribution is 2.14. The topological polar surface area (TPSA) is 150 Å². The molecule has 5 N–H and O–H groups in total. The van der Waals surface area contributed by atoms with Gasteiger partial charge in [0, 0.05) is 0 Å². The summed E-state index contributed by atoms with van der Waals surface area (Å²) in [6, 6.07) is -0.589. The van der Waals surface area contributed by atoms with Gasteiger partial charge < -0.3 is 44.7 Å². The Labute approximate surface area is 140 Å². The number of carboxylic acids is 1. The first-order valence-electron chi connectivity index (χ1n) is 7.78. The van der Waals surface area contributed by atoms with Crippen LogP contribution in [0.5, 0.6) is 0 Å². The lowest BCUT2D eigenvalue weighted by atomic mass is 9.99. The van der Waals surface area contributed by atoms with Crippen molar-refractivity contribution in [3.05, 3.63) is 0 Å². The molecule has 1 fully saturated rings. The van der Waals surface area contributed by atoms with Gasteiger partial charge in [-0.2, -0.15) is 0 Å². The van der Waals surface area contributed by atoms with Gasteiger partial charge in [-0.3, -0.25) is 0 Å². The molecular weight excluding hydrogens is 326 g/mol. The van der Waals surface area contributed by atoms with E-state index in [9.17, 15) is 15.0 Å².